The van der Waals surface area contributed by atoms with Gasteiger partial charge >= 0.3 is 6.03 Å². The normalized spacial score (nSPS) is 10.6. The van der Waals surface area contributed by atoms with Gasteiger partial charge in [-0.05, 0) is 38.0 Å². The molecule has 0 atom stereocenters. The monoisotopic (exact) mass is 264 g/mol. The molecule has 0 aliphatic carbocycles. The lowest BCUT2D eigenvalue weighted by Crippen LogP contribution is -2.31. The predicted molar refractivity (Wildman–Crippen MR) is 78.3 cm³/mol. The highest BCUT2D eigenvalue weighted by Crippen LogP contribution is 2.11. The van der Waals surface area contributed by atoms with Crippen LogP contribution in [0, 0.1) is 0 Å². The average Bonchev–Trinajstić information content (AvgIpc) is 2.38. The maximum absolute atomic E-state index is 11.8. The number of carbonyl (C=O) groups excluding carboxylic acids is 1. The molecule has 0 saturated carbocycles. The summed E-state index contributed by atoms with van der Waals surface area (Å²) >= 11 is 0. The van der Waals surface area contributed by atoms with E-state index in [-0.39, 0.29) is 12.1 Å². The smallest absolute Gasteiger partial charge is 0.321 e. The molecule has 106 valence electrons. The molecule has 0 aliphatic rings. The summed E-state index contributed by atoms with van der Waals surface area (Å²) in [5.41, 5.74) is 1.91. The Morgan fingerprint density at radius 3 is 2.47 bits per heavy atom. The van der Waals surface area contributed by atoms with Crippen LogP contribution in [0.1, 0.15) is 32.8 Å². The lowest BCUT2D eigenvalue weighted by Gasteiger charge is -2.17. The number of anilines is 1. The topological polar surface area (TPSA) is 41.6 Å². The fraction of sp³-hybridized carbons (Fsp3) is 0.533. The number of nitrogens with zero attached hydrogens (tertiary/aromatic N) is 1. The van der Waals surface area contributed by atoms with Crippen molar-refractivity contribution < 1.29 is 9.53 Å². The molecular formula is C15H24N2O2. The highest BCUT2D eigenvalue weighted by Gasteiger charge is 2.07. The largest absolute Gasteiger partial charge is 0.374 e. The van der Waals surface area contributed by atoms with Gasteiger partial charge in [0.05, 0.1) is 12.7 Å². The molecule has 4 heteroatoms. The second-order valence-electron chi connectivity index (χ2n) is 4.91. The average molecular weight is 264 g/mol. The van der Waals surface area contributed by atoms with Gasteiger partial charge in [-0.1, -0.05) is 19.1 Å². The Balaban J connectivity index is 2.50. The molecular weight excluding hydrogens is 240 g/mol. The molecule has 0 aliphatic heterocycles. The molecule has 0 heterocycles. The zero-order chi connectivity index (χ0) is 14.3. The van der Waals surface area contributed by atoms with Gasteiger partial charge in [0.25, 0.3) is 0 Å². The fourth-order valence-corrected chi connectivity index (χ4v) is 1.60. The lowest BCUT2D eigenvalue weighted by molar-refractivity contribution is 0.0657. The van der Waals surface area contributed by atoms with Crippen molar-refractivity contribution in [1.82, 2.24) is 4.90 Å². The van der Waals surface area contributed by atoms with Gasteiger partial charge in [0.2, 0.25) is 0 Å². The summed E-state index contributed by atoms with van der Waals surface area (Å²) in [5.74, 6) is 0. The summed E-state index contributed by atoms with van der Waals surface area (Å²) in [7, 11) is 1.80. The Bertz CT molecular complexity index is 388. The molecule has 0 radical (unpaired) electrons. The van der Waals surface area contributed by atoms with Gasteiger partial charge < -0.3 is 15.0 Å². The van der Waals surface area contributed by atoms with Gasteiger partial charge in [-0.15, -0.1) is 0 Å². The maximum Gasteiger partial charge on any atom is 0.321 e. The molecule has 2 amide bonds. The Morgan fingerprint density at radius 1 is 1.32 bits per heavy atom. The third-order valence-electron chi connectivity index (χ3n) is 2.69. The van der Waals surface area contributed by atoms with E-state index in [0.717, 1.165) is 24.2 Å². The van der Waals surface area contributed by atoms with Crippen LogP contribution in [-0.4, -0.2) is 30.6 Å². The van der Waals surface area contributed by atoms with Crippen LogP contribution < -0.4 is 5.32 Å². The number of hydrogen-bond acceptors (Lipinski definition) is 2. The molecule has 0 saturated heterocycles. The van der Waals surface area contributed by atoms with Crippen molar-refractivity contribution >= 4 is 11.7 Å². The summed E-state index contributed by atoms with van der Waals surface area (Å²) < 4.78 is 5.52. The van der Waals surface area contributed by atoms with Gasteiger partial charge in [-0.3, -0.25) is 0 Å². The summed E-state index contributed by atoms with van der Waals surface area (Å²) in [6.07, 6.45) is 1.18. The lowest BCUT2D eigenvalue weighted by atomic mass is 10.2. The Kier molecular flexibility index (Phi) is 6.36. The van der Waals surface area contributed by atoms with Crippen LogP contribution >= 0.6 is 0 Å². The number of hydrogen-bond donors (Lipinski definition) is 1. The third-order valence-corrected chi connectivity index (χ3v) is 2.69. The van der Waals surface area contributed by atoms with E-state index >= 15 is 0 Å². The highest BCUT2D eigenvalue weighted by molar-refractivity contribution is 5.89. The van der Waals surface area contributed by atoms with Crippen molar-refractivity contribution in [3.05, 3.63) is 29.8 Å². The molecule has 0 fully saturated rings. The minimum absolute atomic E-state index is 0.0759. The van der Waals surface area contributed by atoms with Crippen LogP contribution in [0.4, 0.5) is 10.5 Å². The van der Waals surface area contributed by atoms with E-state index in [0.29, 0.717) is 6.61 Å². The number of ether oxygens (including phenoxy) is 1. The van der Waals surface area contributed by atoms with Crippen molar-refractivity contribution in [2.24, 2.45) is 0 Å². The Morgan fingerprint density at radius 2 is 1.95 bits per heavy atom. The molecule has 0 spiro atoms. The zero-order valence-corrected chi connectivity index (χ0v) is 12.3. The van der Waals surface area contributed by atoms with Crippen LogP contribution in [0.15, 0.2) is 24.3 Å². The van der Waals surface area contributed by atoms with Crippen LogP contribution in [0.2, 0.25) is 0 Å². The first-order chi connectivity index (χ1) is 9.02. The Hall–Kier alpha value is -1.55. The standard InChI is InChI=1S/C15H24N2O2/c1-5-10-17(4)15(18)16-14-8-6-13(7-9-14)11-19-12(2)3/h6-9,12H,5,10-11H2,1-4H3,(H,16,18). The van der Waals surface area contributed by atoms with E-state index in [2.05, 4.69) is 5.32 Å². The van der Waals surface area contributed by atoms with Gasteiger partial charge in [-0.25, -0.2) is 4.79 Å². The number of urea groups is 1. The zero-order valence-electron chi connectivity index (χ0n) is 12.3. The SMILES string of the molecule is CCCN(C)C(=O)Nc1ccc(COC(C)C)cc1. The van der Waals surface area contributed by atoms with Crippen molar-refractivity contribution in [1.29, 1.82) is 0 Å². The summed E-state index contributed by atoms with van der Waals surface area (Å²) in [5, 5.41) is 2.86. The summed E-state index contributed by atoms with van der Waals surface area (Å²) in [4.78, 5) is 13.5. The first-order valence-corrected chi connectivity index (χ1v) is 6.75. The molecule has 1 aromatic rings. The van der Waals surface area contributed by atoms with Crippen molar-refractivity contribution in [2.45, 2.75) is 39.9 Å². The van der Waals surface area contributed by atoms with E-state index in [4.69, 9.17) is 4.74 Å². The van der Waals surface area contributed by atoms with Crippen molar-refractivity contribution in [3.63, 3.8) is 0 Å². The maximum atomic E-state index is 11.8. The van der Waals surface area contributed by atoms with Gasteiger partial charge in [0.15, 0.2) is 0 Å². The summed E-state index contributed by atoms with van der Waals surface area (Å²) in [6, 6.07) is 7.66. The minimum atomic E-state index is -0.0759. The second-order valence-corrected chi connectivity index (χ2v) is 4.91. The molecule has 19 heavy (non-hydrogen) atoms. The number of carbonyl (C=O) groups is 1. The van der Waals surface area contributed by atoms with E-state index in [1.165, 1.54) is 0 Å². The molecule has 1 aromatic carbocycles. The van der Waals surface area contributed by atoms with Crippen LogP contribution in [-0.2, 0) is 11.3 Å². The minimum Gasteiger partial charge on any atom is -0.374 e. The molecule has 0 unspecified atom stereocenters. The van der Waals surface area contributed by atoms with E-state index in [9.17, 15) is 4.79 Å². The molecule has 0 bridgehead atoms. The van der Waals surface area contributed by atoms with E-state index < -0.39 is 0 Å². The van der Waals surface area contributed by atoms with E-state index in [1.54, 1.807) is 11.9 Å². The first kappa shape index (κ1) is 15.5. The number of amides is 2. The van der Waals surface area contributed by atoms with Crippen molar-refractivity contribution in [3.8, 4) is 0 Å². The third kappa shape index (κ3) is 5.75. The second kappa shape index (κ2) is 7.79. The van der Waals surface area contributed by atoms with Crippen molar-refractivity contribution in [2.75, 3.05) is 18.9 Å². The van der Waals surface area contributed by atoms with Gasteiger partial charge in [0, 0.05) is 19.3 Å². The summed E-state index contributed by atoms with van der Waals surface area (Å²) in [6.45, 7) is 7.43. The quantitative estimate of drug-likeness (QED) is 0.854. The number of benzene rings is 1. The number of nitrogens with one attached hydrogen (secondary N) is 1. The molecule has 4 nitrogen and oxygen atoms in total. The van der Waals surface area contributed by atoms with E-state index in [1.807, 2.05) is 45.0 Å². The number of rotatable bonds is 6. The predicted octanol–water partition coefficient (Wildman–Crippen LogP) is 3.49. The molecule has 1 N–H and O–H groups in total. The van der Waals surface area contributed by atoms with Crippen LogP contribution in [0.25, 0.3) is 0 Å². The van der Waals surface area contributed by atoms with Gasteiger partial charge in [0.1, 0.15) is 0 Å². The van der Waals surface area contributed by atoms with Gasteiger partial charge in [-0.2, -0.15) is 0 Å². The Labute approximate surface area is 115 Å². The fourth-order valence-electron chi connectivity index (χ4n) is 1.60. The van der Waals surface area contributed by atoms with Crippen LogP contribution in [0.3, 0.4) is 0 Å². The molecule has 1 rings (SSSR count). The first-order valence-electron chi connectivity index (χ1n) is 6.75. The van der Waals surface area contributed by atoms with Crippen LogP contribution in [0.5, 0.6) is 0 Å². The highest BCUT2D eigenvalue weighted by atomic mass is 16.5. The molecule has 0 aromatic heterocycles.